The van der Waals surface area contributed by atoms with Gasteiger partial charge in [-0.3, -0.25) is 4.79 Å². The van der Waals surface area contributed by atoms with Crippen molar-refractivity contribution in [2.45, 2.75) is 57.4 Å². The van der Waals surface area contributed by atoms with Gasteiger partial charge in [0.05, 0.1) is 13.2 Å². The number of amides is 1. The van der Waals surface area contributed by atoms with E-state index in [0.29, 0.717) is 19.5 Å². The van der Waals surface area contributed by atoms with Crippen LogP contribution in [0.5, 0.6) is 5.75 Å². The monoisotopic (exact) mass is 429 g/mol. The summed E-state index contributed by atoms with van der Waals surface area (Å²) in [7, 11) is 0. The van der Waals surface area contributed by atoms with Crippen molar-refractivity contribution < 1.29 is 37.0 Å². The van der Waals surface area contributed by atoms with Gasteiger partial charge in [-0.1, -0.05) is 25.0 Å². The molecule has 1 heterocycles. The molecule has 0 aromatic heterocycles. The number of likely N-dealkylation sites (tertiary alicyclic amines) is 1. The molecule has 1 saturated heterocycles. The van der Waals surface area contributed by atoms with Crippen LogP contribution in [0.3, 0.4) is 0 Å². The number of rotatable bonds is 5. The zero-order chi connectivity index (χ0) is 21.7. The summed E-state index contributed by atoms with van der Waals surface area (Å²) in [6.07, 6.45) is -1.87. The van der Waals surface area contributed by atoms with Gasteiger partial charge in [0, 0.05) is 18.4 Å². The van der Waals surface area contributed by atoms with E-state index in [-0.39, 0.29) is 30.1 Å². The lowest BCUT2D eigenvalue weighted by Gasteiger charge is -2.38. The highest BCUT2D eigenvalue weighted by molar-refractivity contribution is 5.79. The van der Waals surface area contributed by atoms with Gasteiger partial charge in [0.15, 0.2) is 0 Å². The second kappa shape index (κ2) is 9.57. The molecule has 2 atom stereocenters. The first-order chi connectivity index (χ1) is 14.2. The number of nitrogens with zero attached hydrogens (tertiary/aromatic N) is 1. The molecule has 3 rings (SSSR count). The Balaban J connectivity index is 1.74. The van der Waals surface area contributed by atoms with Crippen molar-refractivity contribution in [3.8, 4) is 5.75 Å². The lowest BCUT2D eigenvalue weighted by Crippen LogP contribution is -2.48. The van der Waals surface area contributed by atoms with Crippen LogP contribution < -0.4 is 4.74 Å². The summed E-state index contributed by atoms with van der Waals surface area (Å²) in [5, 5.41) is 0. The third kappa shape index (κ3) is 6.03. The second-order valence-electron chi connectivity index (χ2n) is 7.70. The standard InChI is InChI=1S/C21H26F3NO5/c1-2-28-20(27)29-18-11-16(12-25(13-18)19(26)15-5-3-4-6-15)14-7-9-17(10-8-14)30-21(22,23)24/h7-10,15-16,18H,2-6,11-13H2,1H3. The van der Waals surface area contributed by atoms with Gasteiger partial charge < -0.3 is 19.1 Å². The van der Waals surface area contributed by atoms with Gasteiger partial charge in [-0.15, -0.1) is 13.2 Å². The van der Waals surface area contributed by atoms with Crippen LogP contribution in [0.2, 0.25) is 0 Å². The molecule has 1 amide bonds. The van der Waals surface area contributed by atoms with Crippen LogP contribution in [0.1, 0.15) is 50.5 Å². The summed E-state index contributed by atoms with van der Waals surface area (Å²) in [5.41, 5.74) is 0.755. The molecule has 9 heteroatoms. The highest BCUT2D eigenvalue weighted by Crippen LogP contribution is 2.34. The van der Waals surface area contributed by atoms with Gasteiger partial charge in [0.1, 0.15) is 11.9 Å². The molecular formula is C21H26F3NO5. The van der Waals surface area contributed by atoms with Crippen LogP contribution in [-0.2, 0) is 14.3 Å². The molecule has 0 spiro atoms. The predicted molar refractivity (Wildman–Crippen MR) is 101 cm³/mol. The maximum atomic E-state index is 13.0. The molecule has 166 valence electrons. The maximum Gasteiger partial charge on any atom is 0.573 e. The first kappa shape index (κ1) is 22.2. The highest BCUT2D eigenvalue weighted by Gasteiger charge is 2.37. The summed E-state index contributed by atoms with van der Waals surface area (Å²) in [5.74, 6) is -0.454. The number of carbonyl (C=O) groups excluding carboxylic acids is 2. The van der Waals surface area contributed by atoms with Crippen molar-refractivity contribution in [3.05, 3.63) is 29.8 Å². The van der Waals surface area contributed by atoms with E-state index >= 15 is 0 Å². The Morgan fingerprint density at radius 3 is 2.37 bits per heavy atom. The Morgan fingerprint density at radius 2 is 1.77 bits per heavy atom. The molecule has 1 aliphatic carbocycles. The van der Waals surface area contributed by atoms with E-state index < -0.39 is 18.6 Å². The third-order valence-electron chi connectivity index (χ3n) is 5.54. The van der Waals surface area contributed by atoms with Crippen molar-refractivity contribution >= 4 is 12.1 Å². The van der Waals surface area contributed by atoms with Gasteiger partial charge in [-0.2, -0.15) is 0 Å². The summed E-state index contributed by atoms with van der Waals surface area (Å²) in [6, 6.07) is 5.61. The smallest absolute Gasteiger partial charge is 0.435 e. The first-order valence-electron chi connectivity index (χ1n) is 10.2. The third-order valence-corrected chi connectivity index (χ3v) is 5.54. The van der Waals surface area contributed by atoms with Crippen LogP contribution in [0, 0.1) is 5.92 Å². The normalized spacial score (nSPS) is 22.6. The lowest BCUT2D eigenvalue weighted by molar-refractivity contribution is -0.274. The fourth-order valence-corrected chi connectivity index (χ4v) is 4.22. The number of carbonyl (C=O) groups is 2. The van der Waals surface area contributed by atoms with E-state index in [1.54, 1.807) is 24.0 Å². The molecule has 2 fully saturated rings. The molecule has 6 nitrogen and oxygen atoms in total. The molecule has 1 aromatic rings. The first-order valence-corrected chi connectivity index (χ1v) is 10.2. The van der Waals surface area contributed by atoms with Gasteiger partial charge in [0.2, 0.25) is 5.91 Å². The van der Waals surface area contributed by atoms with Crippen molar-refractivity contribution in [1.82, 2.24) is 4.90 Å². The van der Waals surface area contributed by atoms with Gasteiger partial charge >= 0.3 is 12.5 Å². The predicted octanol–water partition coefficient (Wildman–Crippen LogP) is 4.63. The molecule has 0 bridgehead atoms. The Morgan fingerprint density at radius 1 is 1.10 bits per heavy atom. The van der Waals surface area contributed by atoms with Gasteiger partial charge in [0.25, 0.3) is 0 Å². The Hall–Kier alpha value is -2.45. The van der Waals surface area contributed by atoms with Crippen LogP contribution in [0.25, 0.3) is 0 Å². The van der Waals surface area contributed by atoms with Crippen molar-refractivity contribution in [2.24, 2.45) is 5.92 Å². The molecular weight excluding hydrogens is 403 g/mol. The van der Waals surface area contributed by atoms with E-state index in [2.05, 4.69) is 4.74 Å². The number of hydrogen-bond donors (Lipinski definition) is 0. The van der Waals surface area contributed by atoms with E-state index in [4.69, 9.17) is 9.47 Å². The number of alkyl halides is 3. The number of piperidine rings is 1. The number of benzene rings is 1. The average molecular weight is 429 g/mol. The average Bonchev–Trinajstić information content (AvgIpc) is 3.21. The summed E-state index contributed by atoms with van der Waals surface area (Å²) >= 11 is 0. The lowest BCUT2D eigenvalue weighted by atomic mass is 9.88. The minimum atomic E-state index is -4.75. The number of hydrogen-bond acceptors (Lipinski definition) is 5. The number of halogens is 3. The van der Waals surface area contributed by atoms with Crippen molar-refractivity contribution in [1.29, 1.82) is 0 Å². The SMILES string of the molecule is CCOC(=O)OC1CC(c2ccc(OC(F)(F)F)cc2)CN(C(=O)C2CCCC2)C1. The van der Waals surface area contributed by atoms with Crippen molar-refractivity contribution in [2.75, 3.05) is 19.7 Å². The summed E-state index contributed by atoms with van der Waals surface area (Å²) in [6.45, 7) is 2.57. The second-order valence-corrected chi connectivity index (χ2v) is 7.70. The van der Waals surface area contributed by atoms with Crippen LogP contribution >= 0.6 is 0 Å². The highest BCUT2D eigenvalue weighted by atomic mass is 19.4. The minimum absolute atomic E-state index is 0.0189. The Labute approximate surface area is 173 Å². The van der Waals surface area contributed by atoms with E-state index in [9.17, 15) is 22.8 Å². The zero-order valence-electron chi connectivity index (χ0n) is 16.8. The molecule has 1 saturated carbocycles. The summed E-state index contributed by atoms with van der Waals surface area (Å²) < 4.78 is 51.3. The van der Waals surface area contributed by atoms with Crippen LogP contribution in [0.4, 0.5) is 18.0 Å². The molecule has 30 heavy (non-hydrogen) atoms. The Bertz CT molecular complexity index is 731. The summed E-state index contributed by atoms with van der Waals surface area (Å²) in [4.78, 5) is 26.5. The van der Waals surface area contributed by atoms with E-state index in [1.807, 2.05) is 0 Å². The van der Waals surface area contributed by atoms with Gasteiger partial charge in [-0.25, -0.2) is 4.79 Å². The van der Waals surface area contributed by atoms with Crippen LogP contribution in [-0.4, -0.2) is 49.1 Å². The zero-order valence-corrected chi connectivity index (χ0v) is 16.8. The largest absolute Gasteiger partial charge is 0.573 e. The quantitative estimate of drug-likeness (QED) is 0.639. The molecule has 0 N–H and O–H groups in total. The molecule has 1 aliphatic heterocycles. The molecule has 1 aromatic carbocycles. The molecule has 2 unspecified atom stereocenters. The topological polar surface area (TPSA) is 65.1 Å². The van der Waals surface area contributed by atoms with E-state index in [0.717, 1.165) is 31.2 Å². The fourth-order valence-electron chi connectivity index (χ4n) is 4.22. The van der Waals surface area contributed by atoms with Crippen molar-refractivity contribution in [3.63, 3.8) is 0 Å². The van der Waals surface area contributed by atoms with E-state index in [1.165, 1.54) is 12.1 Å². The Kier molecular flexibility index (Phi) is 7.10. The maximum absolute atomic E-state index is 13.0. The molecule has 0 radical (unpaired) electrons. The number of ether oxygens (including phenoxy) is 3. The van der Waals surface area contributed by atoms with Gasteiger partial charge in [-0.05, 0) is 43.9 Å². The minimum Gasteiger partial charge on any atom is -0.435 e. The van der Waals surface area contributed by atoms with Crippen LogP contribution in [0.15, 0.2) is 24.3 Å². The molecule has 2 aliphatic rings. The fraction of sp³-hybridized carbons (Fsp3) is 0.619.